The zero-order valence-electron chi connectivity index (χ0n) is 13.4. The molecular formula is C17H19N3O4. The van der Waals surface area contributed by atoms with Crippen molar-refractivity contribution in [2.45, 2.75) is 32.0 Å². The highest BCUT2D eigenvalue weighted by Gasteiger charge is 2.39. The molecule has 3 aliphatic heterocycles. The molecule has 7 nitrogen and oxygen atoms in total. The van der Waals surface area contributed by atoms with Crippen LogP contribution in [0.2, 0.25) is 0 Å². The maximum absolute atomic E-state index is 12.3. The number of benzene rings is 1. The first kappa shape index (κ1) is 15.0. The molecule has 4 rings (SSSR count). The van der Waals surface area contributed by atoms with Crippen molar-refractivity contribution in [2.75, 3.05) is 22.9 Å². The van der Waals surface area contributed by atoms with Gasteiger partial charge < -0.3 is 19.5 Å². The van der Waals surface area contributed by atoms with Gasteiger partial charge in [-0.15, -0.1) is 0 Å². The second kappa shape index (κ2) is 5.83. The van der Waals surface area contributed by atoms with E-state index in [-0.39, 0.29) is 0 Å². The molecule has 2 atom stereocenters. The first-order chi connectivity index (χ1) is 11.7. The van der Waals surface area contributed by atoms with E-state index in [9.17, 15) is 9.90 Å². The van der Waals surface area contributed by atoms with Crippen LogP contribution in [0.5, 0.6) is 5.75 Å². The second-order valence-electron chi connectivity index (χ2n) is 6.03. The van der Waals surface area contributed by atoms with Crippen LogP contribution in [0.1, 0.15) is 19.8 Å². The quantitative estimate of drug-likeness (QED) is 0.917. The van der Waals surface area contributed by atoms with Crippen molar-refractivity contribution in [3.05, 3.63) is 30.3 Å². The number of anilines is 2. The average Bonchev–Trinajstić information content (AvgIpc) is 3.21. The van der Waals surface area contributed by atoms with Gasteiger partial charge in [-0.25, -0.2) is 9.79 Å². The van der Waals surface area contributed by atoms with E-state index in [4.69, 9.17) is 9.47 Å². The molecule has 0 aromatic heterocycles. The summed E-state index contributed by atoms with van der Waals surface area (Å²) >= 11 is 0. The van der Waals surface area contributed by atoms with Crippen molar-refractivity contribution < 1.29 is 19.4 Å². The van der Waals surface area contributed by atoms with Crippen LogP contribution in [0.4, 0.5) is 16.2 Å². The van der Waals surface area contributed by atoms with Crippen molar-refractivity contribution in [1.29, 1.82) is 0 Å². The molecule has 24 heavy (non-hydrogen) atoms. The largest absolute Gasteiger partial charge is 0.457 e. The van der Waals surface area contributed by atoms with Crippen LogP contribution in [0.3, 0.4) is 0 Å². The van der Waals surface area contributed by atoms with Crippen LogP contribution in [0.15, 0.2) is 35.3 Å². The fourth-order valence-corrected chi connectivity index (χ4v) is 3.23. The monoisotopic (exact) mass is 329 g/mol. The summed E-state index contributed by atoms with van der Waals surface area (Å²) in [7, 11) is 0. The average molecular weight is 329 g/mol. The van der Waals surface area contributed by atoms with E-state index in [0.717, 1.165) is 17.9 Å². The lowest BCUT2D eigenvalue weighted by molar-refractivity contribution is 0.0276. The molecule has 1 aromatic rings. The Morgan fingerprint density at radius 1 is 1.38 bits per heavy atom. The van der Waals surface area contributed by atoms with Crippen LogP contribution < -0.4 is 14.5 Å². The number of fused-ring (bicyclic) bond motifs is 3. The Labute approximate surface area is 139 Å². The van der Waals surface area contributed by atoms with Gasteiger partial charge in [0, 0.05) is 6.21 Å². The summed E-state index contributed by atoms with van der Waals surface area (Å²) in [6.45, 7) is 2.97. The first-order valence-corrected chi connectivity index (χ1v) is 8.15. The van der Waals surface area contributed by atoms with Gasteiger partial charge in [0.05, 0.1) is 30.6 Å². The van der Waals surface area contributed by atoms with Gasteiger partial charge in [0.2, 0.25) is 0 Å². The SMILES string of the molecule is CCCC(O)[C@H]1CN(c2cccc3c2OC=C2N=CCN23)C(=O)O1. The van der Waals surface area contributed by atoms with Crippen LogP contribution >= 0.6 is 0 Å². The van der Waals surface area contributed by atoms with E-state index in [2.05, 4.69) is 4.99 Å². The summed E-state index contributed by atoms with van der Waals surface area (Å²) in [5.74, 6) is 1.36. The summed E-state index contributed by atoms with van der Waals surface area (Å²) < 4.78 is 11.1. The molecule has 1 saturated heterocycles. The number of carbonyl (C=O) groups excluding carboxylic acids is 1. The molecule has 1 amide bonds. The summed E-state index contributed by atoms with van der Waals surface area (Å²) in [5, 5.41) is 10.1. The third kappa shape index (κ3) is 2.32. The van der Waals surface area contributed by atoms with Crippen molar-refractivity contribution >= 4 is 23.7 Å². The highest BCUT2D eigenvalue weighted by Crippen LogP contribution is 2.44. The number of rotatable bonds is 4. The normalized spacial score (nSPS) is 22.7. The number of aliphatic imine (C=N–C) groups is 1. The minimum Gasteiger partial charge on any atom is -0.457 e. The van der Waals surface area contributed by atoms with E-state index in [1.165, 1.54) is 4.90 Å². The molecule has 0 spiro atoms. The maximum Gasteiger partial charge on any atom is 0.414 e. The summed E-state index contributed by atoms with van der Waals surface area (Å²) in [6.07, 6.45) is 3.22. The standard InChI is InChI=1S/C17H19N3O4/c1-2-4-13(21)14-9-20(17(22)24-14)12-6-3-5-11-16(12)23-10-15-18-7-8-19(11)15/h3,5-7,10,13-14,21H,2,4,8-9H2,1H3/t13?,14-/m1/s1. The number of aliphatic hydroxyl groups excluding tert-OH is 1. The fraction of sp³-hybridized carbons (Fsp3) is 0.412. The predicted octanol–water partition coefficient (Wildman–Crippen LogP) is 2.25. The van der Waals surface area contributed by atoms with Crippen molar-refractivity contribution in [1.82, 2.24) is 0 Å². The van der Waals surface area contributed by atoms with E-state index in [1.54, 1.807) is 6.26 Å². The molecule has 3 heterocycles. The molecule has 1 fully saturated rings. The summed E-state index contributed by atoms with van der Waals surface area (Å²) in [4.78, 5) is 20.1. The van der Waals surface area contributed by atoms with Gasteiger partial charge in [-0.1, -0.05) is 19.4 Å². The molecule has 1 N–H and O–H groups in total. The van der Waals surface area contributed by atoms with E-state index >= 15 is 0 Å². The number of hydrogen-bond donors (Lipinski definition) is 1. The van der Waals surface area contributed by atoms with E-state index in [0.29, 0.717) is 30.9 Å². The van der Waals surface area contributed by atoms with E-state index < -0.39 is 18.3 Å². The molecule has 7 heteroatoms. The molecule has 0 saturated carbocycles. The number of hydrogen-bond acceptors (Lipinski definition) is 6. The number of ether oxygens (including phenoxy) is 2. The number of amides is 1. The smallest absolute Gasteiger partial charge is 0.414 e. The topological polar surface area (TPSA) is 74.6 Å². The first-order valence-electron chi connectivity index (χ1n) is 8.15. The van der Waals surface area contributed by atoms with Crippen molar-refractivity contribution in [2.24, 2.45) is 4.99 Å². The molecular weight excluding hydrogens is 310 g/mol. The minimum absolute atomic E-state index is 0.312. The molecule has 0 bridgehead atoms. The molecule has 0 aliphatic carbocycles. The van der Waals surface area contributed by atoms with Crippen molar-refractivity contribution in [3.63, 3.8) is 0 Å². The third-order valence-corrected chi connectivity index (χ3v) is 4.45. The van der Waals surface area contributed by atoms with Crippen LogP contribution in [0, 0.1) is 0 Å². The lowest BCUT2D eigenvalue weighted by Gasteiger charge is -2.28. The fourth-order valence-electron chi connectivity index (χ4n) is 3.23. The highest BCUT2D eigenvalue weighted by molar-refractivity contribution is 5.94. The Kier molecular flexibility index (Phi) is 3.65. The highest BCUT2D eigenvalue weighted by atomic mass is 16.6. The Hall–Kier alpha value is -2.54. The number of aliphatic hydroxyl groups is 1. The number of para-hydroxylation sites is 1. The van der Waals surface area contributed by atoms with Gasteiger partial charge >= 0.3 is 6.09 Å². The zero-order valence-corrected chi connectivity index (χ0v) is 13.4. The number of cyclic esters (lactones) is 1. The molecule has 1 aromatic carbocycles. The van der Waals surface area contributed by atoms with Gasteiger partial charge in [-0.3, -0.25) is 4.90 Å². The Morgan fingerprint density at radius 3 is 2.96 bits per heavy atom. The molecule has 1 unspecified atom stereocenters. The molecule has 0 radical (unpaired) electrons. The van der Waals surface area contributed by atoms with Crippen molar-refractivity contribution in [3.8, 4) is 5.75 Å². The van der Waals surface area contributed by atoms with Crippen LogP contribution in [-0.2, 0) is 4.74 Å². The number of carbonyl (C=O) groups is 1. The lowest BCUT2D eigenvalue weighted by Crippen LogP contribution is -2.31. The van der Waals surface area contributed by atoms with Gasteiger partial charge in [0.15, 0.2) is 11.6 Å². The van der Waals surface area contributed by atoms with E-state index in [1.807, 2.05) is 36.2 Å². The van der Waals surface area contributed by atoms with Gasteiger partial charge in [-0.05, 0) is 18.6 Å². The summed E-state index contributed by atoms with van der Waals surface area (Å²) in [6, 6.07) is 5.64. The zero-order chi connectivity index (χ0) is 16.7. The van der Waals surface area contributed by atoms with Crippen LogP contribution in [0.25, 0.3) is 0 Å². The lowest BCUT2D eigenvalue weighted by atomic mass is 10.1. The number of nitrogens with zero attached hydrogens (tertiary/aromatic N) is 3. The molecule has 126 valence electrons. The minimum atomic E-state index is -0.650. The van der Waals surface area contributed by atoms with Gasteiger partial charge in [0.25, 0.3) is 0 Å². The van der Waals surface area contributed by atoms with Gasteiger partial charge in [0.1, 0.15) is 12.4 Å². The van der Waals surface area contributed by atoms with Gasteiger partial charge in [-0.2, -0.15) is 0 Å². The summed E-state index contributed by atoms with van der Waals surface area (Å²) in [5.41, 5.74) is 1.51. The van der Waals surface area contributed by atoms with Crippen LogP contribution in [-0.4, -0.2) is 42.7 Å². The Balaban J connectivity index is 1.63. The second-order valence-corrected chi connectivity index (χ2v) is 6.03. The Morgan fingerprint density at radius 2 is 2.17 bits per heavy atom. The molecule has 3 aliphatic rings. The predicted molar refractivity (Wildman–Crippen MR) is 89.5 cm³/mol. The maximum atomic E-state index is 12.3. The Bertz CT molecular complexity index is 731. The third-order valence-electron chi connectivity index (χ3n) is 4.45.